The van der Waals surface area contributed by atoms with Crippen LogP contribution in [0.25, 0.3) is 0 Å². The zero-order valence-electron chi connectivity index (χ0n) is 11.7. The number of hydrogen-bond acceptors (Lipinski definition) is 3. The fraction of sp³-hybridized carbons (Fsp3) is 0.312. The molecule has 1 heterocycles. The van der Waals surface area contributed by atoms with E-state index in [4.69, 9.17) is 10.2 Å². The topological polar surface area (TPSA) is 59.5 Å². The average molecular weight is 272 g/mol. The van der Waals surface area contributed by atoms with E-state index in [-0.39, 0.29) is 5.91 Å². The minimum atomic E-state index is -0.0232. The lowest BCUT2D eigenvalue weighted by molar-refractivity contribution is 0.0746. The molecule has 2 rings (SSSR count). The third kappa shape index (κ3) is 3.27. The Kier molecular flexibility index (Phi) is 4.96. The maximum atomic E-state index is 12.6. The number of carbonyl (C=O) groups excluding carboxylic acids is 1. The maximum Gasteiger partial charge on any atom is 0.257 e. The van der Waals surface area contributed by atoms with Gasteiger partial charge in [0, 0.05) is 26.1 Å². The smallest absolute Gasteiger partial charge is 0.257 e. The van der Waals surface area contributed by atoms with Crippen molar-refractivity contribution in [1.82, 2.24) is 4.90 Å². The quantitative estimate of drug-likeness (QED) is 0.878. The van der Waals surface area contributed by atoms with E-state index in [2.05, 4.69) is 0 Å². The summed E-state index contributed by atoms with van der Waals surface area (Å²) in [6, 6.07) is 11.6. The number of hydrogen-bond donors (Lipinski definition) is 1. The van der Waals surface area contributed by atoms with Crippen molar-refractivity contribution in [3.8, 4) is 0 Å². The van der Waals surface area contributed by atoms with Crippen molar-refractivity contribution in [3.05, 3.63) is 59.5 Å². The van der Waals surface area contributed by atoms with Crippen LogP contribution in [0.2, 0.25) is 0 Å². The summed E-state index contributed by atoms with van der Waals surface area (Å²) in [4.78, 5) is 14.4. The third-order valence-corrected chi connectivity index (χ3v) is 3.20. The number of benzene rings is 1. The number of nitrogens with zero attached hydrogens (tertiary/aromatic N) is 1. The Balaban J connectivity index is 2.18. The summed E-state index contributed by atoms with van der Waals surface area (Å²) in [7, 11) is 0. The summed E-state index contributed by atoms with van der Waals surface area (Å²) in [5.41, 5.74) is 7.36. The number of nitrogens with two attached hydrogens (primary N) is 1. The van der Waals surface area contributed by atoms with Crippen LogP contribution >= 0.6 is 0 Å². The van der Waals surface area contributed by atoms with Crippen molar-refractivity contribution < 1.29 is 9.21 Å². The standard InChI is InChI=1S/C16H20N2O2/c1-2-15-14(8-11-20-15)16(19)18(10-9-17)12-13-6-4-3-5-7-13/h3-8,11H,2,9-10,12,17H2,1H3. The fourth-order valence-electron chi connectivity index (χ4n) is 2.19. The third-order valence-electron chi connectivity index (χ3n) is 3.20. The summed E-state index contributed by atoms with van der Waals surface area (Å²) in [6.07, 6.45) is 2.27. The van der Waals surface area contributed by atoms with Crippen molar-refractivity contribution in [2.75, 3.05) is 13.1 Å². The van der Waals surface area contributed by atoms with Gasteiger partial charge < -0.3 is 15.1 Å². The number of furan rings is 1. The van der Waals surface area contributed by atoms with Crippen LogP contribution in [0.5, 0.6) is 0 Å². The molecule has 2 N–H and O–H groups in total. The monoisotopic (exact) mass is 272 g/mol. The summed E-state index contributed by atoms with van der Waals surface area (Å²) < 4.78 is 5.33. The van der Waals surface area contributed by atoms with Gasteiger partial charge in [0.2, 0.25) is 0 Å². The molecule has 0 radical (unpaired) electrons. The first kappa shape index (κ1) is 14.3. The molecular weight excluding hydrogens is 252 g/mol. The van der Waals surface area contributed by atoms with Crippen LogP contribution in [0.4, 0.5) is 0 Å². The Labute approximate surface area is 119 Å². The average Bonchev–Trinajstić information content (AvgIpc) is 2.95. The summed E-state index contributed by atoms with van der Waals surface area (Å²) >= 11 is 0. The number of carbonyl (C=O) groups is 1. The van der Waals surface area contributed by atoms with Gasteiger partial charge in [0.05, 0.1) is 11.8 Å². The van der Waals surface area contributed by atoms with Crippen LogP contribution in [0.15, 0.2) is 47.1 Å². The van der Waals surface area contributed by atoms with E-state index in [0.717, 1.165) is 11.3 Å². The highest BCUT2D eigenvalue weighted by atomic mass is 16.3. The molecule has 2 aromatic rings. The molecule has 0 unspecified atom stereocenters. The molecule has 0 aliphatic rings. The van der Waals surface area contributed by atoms with Crippen molar-refractivity contribution >= 4 is 5.91 Å². The van der Waals surface area contributed by atoms with Crippen molar-refractivity contribution in [2.24, 2.45) is 5.73 Å². The second-order valence-corrected chi connectivity index (χ2v) is 4.61. The highest BCUT2D eigenvalue weighted by Crippen LogP contribution is 2.15. The van der Waals surface area contributed by atoms with E-state index in [1.54, 1.807) is 17.2 Å². The van der Waals surface area contributed by atoms with E-state index in [1.165, 1.54) is 0 Å². The summed E-state index contributed by atoms with van der Waals surface area (Å²) in [5.74, 6) is 0.704. The maximum absolute atomic E-state index is 12.6. The SMILES string of the molecule is CCc1occc1C(=O)N(CCN)Cc1ccccc1. The Morgan fingerprint density at radius 1 is 1.25 bits per heavy atom. The van der Waals surface area contributed by atoms with Gasteiger partial charge in [0.15, 0.2) is 0 Å². The van der Waals surface area contributed by atoms with E-state index < -0.39 is 0 Å². The molecule has 0 saturated heterocycles. The van der Waals surface area contributed by atoms with Gasteiger partial charge in [-0.3, -0.25) is 4.79 Å². The molecule has 1 amide bonds. The summed E-state index contributed by atoms with van der Waals surface area (Å²) in [5, 5.41) is 0. The molecule has 20 heavy (non-hydrogen) atoms. The van der Waals surface area contributed by atoms with E-state index in [1.807, 2.05) is 37.3 Å². The second-order valence-electron chi connectivity index (χ2n) is 4.61. The Hall–Kier alpha value is -2.07. The molecule has 1 aromatic heterocycles. The molecular formula is C16H20N2O2. The minimum absolute atomic E-state index is 0.0232. The van der Waals surface area contributed by atoms with Crippen molar-refractivity contribution in [1.29, 1.82) is 0 Å². The first-order valence-electron chi connectivity index (χ1n) is 6.86. The molecule has 0 atom stereocenters. The van der Waals surface area contributed by atoms with Gasteiger partial charge >= 0.3 is 0 Å². The van der Waals surface area contributed by atoms with E-state index in [0.29, 0.717) is 31.6 Å². The number of aryl methyl sites for hydroxylation is 1. The summed E-state index contributed by atoms with van der Waals surface area (Å²) in [6.45, 7) is 3.51. The van der Waals surface area contributed by atoms with Gasteiger partial charge in [-0.1, -0.05) is 37.3 Å². The van der Waals surface area contributed by atoms with E-state index >= 15 is 0 Å². The lowest BCUT2D eigenvalue weighted by Crippen LogP contribution is -2.35. The van der Waals surface area contributed by atoms with Gasteiger partial charge in [-0.2, -0.15) is 0 Å². The van der Waals surface area contributed by atoms with Crippen molar-refractivity contribution in [2.45, 2.75) is 19.9 Å². The molecule has 4 nitrogen and oxygen atoms in total. The van der Waals surface area contributed by atoms with Gasteiger partial charge in [-0.05, 0) is 11.6 Å². The number of amides is 1. The Morgan fingerprint density at radius 3 is 2.65 bits per heavy atom. The van der Waals surface area contributed by atoms with Gasteiger partial charge in [-0.25, -0.2) is 0 Å². The van der Waals surface area contributed by atoms with Gasteiger partial charge in [0.25, 0.3) is 5.91 Å². The van der Waals surface area contributed by atoms with Crippen molar-refractivity contribution in [3.63, 3.8) is 0 Å². The molecule has 0 aliphatic heterocycles. The molecule has 0 saturated carbocycles. The second kappa shape index (κ2) is 6.91. The van der Waals surface area contributed by atoms with Crippen LogP contribution in [-0.4, -0.2) is 23.9 Å². The zero-order valence-corrected chi connectivity index (χ0v) is 11.7. The molecule has 1 aromatic carbocycles. The molecule has 0 aliphatic carbocycles. The van der Waals surface area contributed by atoms with Crippen LogP contribution in [-0.2, 0) is 13.0 Å². The first-order chi connectivity index (χ1) is 9.76. The van der Waals surface area contributed by atoms with Crippen LogP contribution in [0.3, 0.4) is 0 Å². The highest BCUT2D eigenvalue weighted by molar-refractivity contribution is 5.95. The normalized spacial score (nSPS) is 10.5. The van der Waals surface area contributed by atoms with Crippen LogP contribution in [0.1, 0.15) is 28.6 Å². The zero-order chi connectivity index (χ0) is 14.4. The predicted molar refractivity (Wildman–Crippen MR) is 78.3 cm³/mol. The van der Waals surface area contributed by atoms with Gasteiger partial charge in [-0.15, -0.1) is 0 Å². The first-order valence-corrected chi connectivity index (χ1v) is 6.86. The number of rotatable bonds is 6. The molecule has 4 heteroatoms. The fourth-order valence-corrected chi connectivity index (χ4v) is 2.19. The lowest BCUT2D eigenvalue weighted by atomic mass is 10.1. The highest BCUT2D eigenvalue weighted by Gasteiger charge is 2.20. The van der Waals surface area contributed by atoms with E-state index in [9.17, 15) is 4.79 Å². The lowest BCUT2D eigenvalue weighted by Gasteiger charge is -2.22. The predicted octanol–water partition coefficient (Wildman–Crippen LogP) is 2.44. The van der Waals surface area contributed by atoms with Crippen LogP contribution < -0.4 is 5.73 Å². The Bertz CT molecular complexity index is 549. The molecule has 0 bridgehead atoms. The van der Waals surface area contributed by atoms with Gasteiger partial charge in [0.1, 0.15) is 5.76 Å². The molecule has 0 fully saturated rings. The largest absolute Gasteiger partial charge is 0.469 e. The molecule has 0 spiro atoms. The van der Waals surface area contributed by atoms with Crippen LogP contribution in [0, 0.1) is 0 Å². The molecule has 106 valence electrons. The Morgan fingerprint density at radius 2 is 2.00 bits per heavy atom. The minimum Gasteiger partial charge on any atom is -0.469 e.